The SMILES string of the molecule is CC1(C(=O)N2C[C@@H]3CC[C@H](C2)N(Cc2cscn2)C3=O)CCNCC1. The Morgan fingerprint density at radius 1 is 1.36 bits per heavy atom. The molecule has 4 saturated heterocycles. The molecule has 0 aromatic carbocycles. The first-order valence-electron chi connectivity index (χ1n) is 9.24. The van der Waals surface area contributed by atoms with Crippen LogP contribution in [0.4, 0.5) is 0 Å². The van der Waals surface area contributed by atoms with Crippen molar-refractivity contribution < 1.29 is 9.59 Å². The summed E-state index contributed by atoms with van der Waals surface area (Å²) >= 11 is 1.56. The minimum absolute atomic E-state index is 0.0494. The van der Waals surface area contributed by atoms with Crippen LogP contribution in [0, 0.1) is 11.3 Å². The Kier molecular flexibility index (Phi) is 4.54. The lowest BCUT2D eigenvalue weighted by atomic mass is 9.79. The van der Waals surface area contributed by atoms with E-state index in [1.165, 1.54) is 0 Å². The van der Waals surface area contributed by atoms with Crippen LogP contribution in [-0.2, 0) is 16.1 Å². The van der Waals surface area contributed by atoms with Gasteiger partial charge in [0.2, 0.25) is 11.8 Å². The second-order valence-electron chi connectivity index (χ2n) is 7.89. The summed E-state index contributed by atoms with van der Waals surface area (Å²) in [5.41, 5.74) is 2.48. The van der Waals surface area contributed by atoms with Crippen molar-refractivity contribution >= 4 is 23.2 Å². The number of thiazole rings is 1. The van der Waals surface area contributed by atoms with Crippen LogP contribution < -0.4 is 5.32 Å². The van der Waals surface area contributed by atoms with Gasteiger partial charge in [-0.05, 0) is 38.8 Å². The Bertz CT molecular complexity index is 642. The summed E-state index contributed by atoms with van der Waals surface area (Å²) in [6.07, 6.45) is 3.66. The summed E-state index contributed by atoms with van der Waals surface area (Å²) in [6, 6.07) is 0.127. The van der Waals surface area contributed by atoms with Crippen LogP contribution in [0.5, 0.6) is 0 Å². The summed E-state index contributed by atoms with van der Waals surface area (Å²) < 4.78 is 0. The van der Waals surface area contributed by atoms with E-state index in [-0.39, 0.29) is 29.2 Å². The van der Waals surface area contributed by atoms with Crippen molar-refractivity contribution in [3.8, 4) is 0 Å². The van der Waals surface area contributed by atoms with Crippen molar-refractivity contribution in [3.05, 3.63) is 16.6 Å². The van der Waals surface area contributed by atoms with Gasteiger partial charge in [0.05, 0.1) is 23.7 Å². The van der Waals surface area contributed by atoms with Crippen LogP contribution in [-0.4, -0.2) is 58.8 Å². The van der Waals surface area contributed by atoms with Gasteiger partial charge < -0.3 is 15.1 Å². The smallest absolute Gasteiger partial charge is 0.228 e. The fourth-order valence-electron chi connectivity index (χ4n) is 4.48. The zero-order valence-electron chi connectivity index (χ0n) is 14.7. The Labute approximate surface area is 152 Å². The van der Waals surface area contributed by atoms with E-state index in [9.17, 15) is 9.59 Å². The topological polar surface area (TPSA) is 65.5 Å². The van der Waals surface area contributed by atoms with E-state index >= 15 is 0 Å². The molecule has 4 fully saturated rings. The monoisotopic (exact) mass is 362 g/mol. The molecule has 7 heteroatoms. The molecule has 1 aromatic heterocycles. The lowest BCUT2D eigenvalue weighted by Crippen LogP contribution is -2.50. The molecule has 0 unspecified atom stereocenters. The van der Waals surface area contributed by atoms with Crippen molar-refractivity contribution in [1.29, 1.82) is 0 Å². The summed E-state index contributed by atoms with van der Waals surface area (Å²) in [7, 11) is 0. The molecule has 0 spiro atoms. The Balaban J connectivity index is 1.52. The Morgan fingerprint density at radius 2 is 2.16 bits per heavy atom. The molecule has 25 heavy (non-hydrogen) atoms. The Morgan fingerprint density at radius 3 is 2.88 bits per heavy atom. The van der Waals surface area contributed by atoms with E-state index in [4.69, 9.17) is 0 Å². The standard InChI is InChI=1S/C18H26N4O2S/c1-18(4-6-19-7-5-18)17(24)21-8-13-2-3-15(10-21)22(16(13)23)9-14-11-25-12-20-14/h11-13,15,19H,2-10H2,1H3/t13-,15+/m0/s1. The second-order valence-corrected chi connectivity index (χ2v) is 8.61. The highest BCUT2D eigenvalue weighted by Crippen LogP contribution is 2.35. The molecule has 1 aromatic rings. The van der Waals surface area contributed by atoms with E-state index in [1.807, 2.05) is 20.7 Å². The predicted molar refractivity (Wildman–Crippen MR) is 96.0 cm³/mol. The maximum Gasteiger partial charge on any atom is 0.228 e. The van der Waals surface area contributed by atoms with Gasteiger partial charge in [0.25, 0.3) is 0 Å². The van der Waals surface area contributed by atoms with Crippen molar-refractivity contribution in [3.63, 3.8) is 0 Å². The number of amides is 2. The number of aromatic nitrogens is 1. The molecule has 5 rings (SSSR count). The number of carbonyl (C=O) groups excluding carboxylic acids is 2. The van der Waals surface area contributed by atoms with Gasteiger partial charge >= 0.3 is 0 Å². The van der Waals surface area contributed by atoms with Gasteiger partial charge in [-0.1, -0.05) is 6.92 Å². The number of hydrogen-bond donors (Lipinski definition) is 1. The van der Waals surface area contributed by atoms with Crippen molar-refractivity contribution in [1.82, 2.24) is 20.1 Å². The second kappa shape index (κ2) is 6.68. The number of carbonyl (C=O) groups is 2. The molecule has 2 bridgehead atoms. The molecule has 4 aliphatic rings. The van der Waals surface area contributed by atoms with Gasteiger partial charge in [-0.2, -0.15) is 0 Å². The number of piperidine rings is 2. The third-order valence-corrected chi connectivity index (χ3v) is 6.76. The van der Waals surface area contributed by atoms with Gasteiger partial charge in [-0.15, -0.1) is 11.3 Å². The average Bonchev–Trinajstić information content (AvgIpc) is 2.98. The molecule has 0 saturated carbocycles. The molecule has 2 amide bonds. The highest BCUT2D eigenvalue weighted by molar-refractivity contribution is 7.07. The maximum absolute atomic E-state index is 13.2. The van der Waals surface area contributed by atoms with Gasteiger partial charge in [0.15, 0.2) is 0 Å². The number of hydrogen-bond acceptors (Lipinski definition) is 5. The first kappa shape index (κ1) is 17.0. The summed E-state index contributed by atoms with van der Waals surface area (Å²) in [5, 5.41) is 5.34. The number of fused-ring (bicyclic) bond motifs is 4. The zero-order valence-corrected chi connectivity index (χ0v) is 15.6. The van der Waals surface area contributed by atoms with Gasteiger partial charge in [0.1, 0.15) is 0 Å². The van der Waals surface area contributed by atoms with Crippen LogP contribution >= 0.6 is 11.3 Å². The maximum atomic E-state index is 13.2. The summed E-state index contributed by atoms with van der Waals surface area (Å²) in [5.74, 6) is 0.399. The van der Waals surface area contributed by atoms with Crippen molar-refractivity contribution in [2.75, 3.05) is 26.2 Å². The molecule has 1 N–H and O–H groups in total. The Hall–Kier alpha value is -1.47. The van der Waals surface area contributed by atoms with Gasteiger partial charge in [-0.3, -0.25) is 9.59 Å². The zero-order chi connectivity index (χ0) is 17.4. The third-order valence-electron chi connectivity index (χ3n) is 6.12. The fraction of sp³-hybridized carbons (Fsp3) is 0.722. The van der Waals surface area contributed by atoms with Crippen LogP contribution in [0.3, 0.4) is 0 Å². The van der Waals surface area contributed by atoms with Crippen LogP contribution in [0.1, 0.15) is 38.3 Å². The fourth-order valence-corrected chi connectivity index (χ4v) is 5.03. The highest BCUT2D eigenvalue weighted by atomic mass is 32.1. The van der Waals surface area contributed by atoms with Crippen molar-refractivity contribution in [2.24, 2.45) is 11.3 Å². The van der Waals surface area contributed by atoms with E-state index < -0.39 is 0 Å². The largest absolute Gasteiger partial charge is 0.339 e. The molecule has 0 radical (unpaired) electrons. The van der Waals surface area contributed by atoms with E-state index in [2.05, 4.69) is 17.2 Å². The quantitative estimate of drug-likeness (QED) is 0.885. The third kappa shape index (κ3) is 3.19. The highest BCUT2D eigenvalue weighted by Gasteiger charge is 2.45. The minimum Gasteiger partial charge on any atom is -0.339 e. The number of nitrogens with zero attached hydrogens (tertiary/aromatic N) is 3. The van der Waals surface area contributed by atoms with Crippen LogP contribution in [0.2, 0.25) is 0 Å². The molecule has 5 heterocycles. The first-order chi connectivity index (χ1) is 12.1. The normalized spacial score (nSPS) is 28.9. The number of nitrogens with one attached hydrogen (secondary N) is 1. The molecule has 4 aliphatic heterocycles. The number of rotatable bonds is 3. The van der Waals surface area contributed by atoms with E-state index in [1.54, 1.807) is 11.3 Å². The molecular formula is C18H26N4O2S. The summed E-state index contributed by atoms with van der Waals surface area (Å²) in [4.78, 5) is 34.4. The minimum atomic E-state index is -0.280. The van der Waals surface area contributed by atoms with Crippen LogP contribution in [0.15, 0.2) is 10.9 Å². The first-order valence-corrected chi connectivity index (χ1v) is 10.2. The van der Waals surface area contributed by atoms with E-state index in [0.29, 0.717) is 19.6 Å². The molecule has 6 nitrogen and oxygen atoms in total. The van der Waals surface area contributed by atoms with Gasteiger partial charge in [0, 0.05) is 29.9 Å². The predicted octanol–water partition coefficient (Wildman–Crippen LogP) is 1.48. The van der Waals surface area contributed by atoms with Crippen molar-refractivity contribution in [2.45, 2.75) is 45.2 Å². The average molecular weight is 362 g/mol. The van der Waals surface area contributed by atoms with Crippen LogP contribution in [0.25, 0.3) is 0 Å². The summed E-state index contributed by atoms with van der Waals surface area (Å²) in [6.45, 7) is 5.74. The lowest BCUT2D eigenvalue weighted by molar-refractivity contribution is -0.143. The molecular weight excluding hydrogens is 336 g/mol. The lowest BCUT2D eigenvalue weighted by Gasteiger charge is -2.38. The molecule has 136 valence electrons. The van der Waals surface area contributed by atoms with E-state index in [0.717, 1.165) is 44.5 Å². The molecule has 0 aliphatic carbocycles. The molecule has 2 atom stereocenters. The van der Waals surface area contributed by atoms with Gasteiger partial charge in [-0.25, -0.2) is 4.98 Å².